The number of hydrogen-bond donors (Lipinski definition) is 1. The van der Waals surface area contributed by atoms with Gasteiger partial charge in [0.05, 0.1) is 36.9 Å². The van der Waals surface area contributed by atoms with Crippen LogP contribution in [0.3, 0.4) is 0 Å². The van der Waals surface area contributed by atoms with Gasteiger partial charge in [-0.1, -0.05) is 23.2 Å². The summed E-state index contributed by atoms with van der Waals surface area (Å²) in [6, 6.07) is 5.20. The van der Waals surface area contributed by atoms with Crippen molar-refractivity contribution in [1.29, 1.82) is 0 Å². The monoisotopic (exact) mass is 445 g/mol. The third-order valence-electron chi connectivity index (χ3n) is 3.83. The van der Waals surface area contributed by atoms with E-state index in [2.05, 4.69) is 5.32 Å². The molecular formula is C19H18Cl2FNO6. The second-order valence-electron chi connectivity index (χ2n) is 5.62. The topological polar surface area (TPSA) is 83.1 Å². The fourth-order valence-corrected chi connectivity index (χ4v) is 2.82. The van der Waals surface area contributed by atoms with Crippen molar-refractivity contribution in [2.45, 2.75) is 6.54 Å². The summed E-state index contributed by atoms with van der Waals surface area (Å²) in [5, 5.41) is 2.27. The fourth-order valence-electron chi connectivity index (χ4n) is 2.36. The second-order valence-corrected chi connectivity index (χ2v) is 6.43. The predicted octanol–water partition coefficient (Wildman–Crippen LogP) is 3.63. The first-order chi connectivity index (χ1) is 13.8. The molecular weight excluding hydrogens is 428 g/mol. The summed E-state index contributed by atoms with van der Waals surface area (Å²) in [6.45, 7) is -0.509. The molecule has 156 valence electrons. The molecule has 1 amide bonds. The predicted molar refractivity (Wildman–Crippen MR) is 105 cm³/mol. The minimum atomic E-state index is -0.954. The van der Waals surface area contributed by atoms with Gasteiger partial charge in [0.2, 0.25) is 0 Å². The summed E-state index contributed by atoms with van der Waals surface area (Å²) in [5.74, 6) is -0.953. The van der Waals surface area contributed by atoms with Gasteiger partial charge in [-0.2, -0.15) is 0 Å². The molecule has 0 spiro atoms. The van der Waals surface area contributed by atoms with Gasteiger partial charge in [0.1, 0.15) is 11.6 Å². The Morgan fingerprint density at radius 1 is 0.931 bits per heavy atom. The van der Waals surface area contributed by atoms with Crippen LogP contribution in [0.25, 0.3) is 0 Å². The van der Waals surface area contributed by atoms with E-state index in [0.29, 0.717) is 22.8 Å². The Kier molecular flexibility index (Phi) is 7.92. The molecule has 0 atom stereocenters. The molecule has 29 heavy (non-hydrogen) atoms. The molecule has 0 aliphatic carbocycles. The molecule has 0 radical (unpaired) electrons. The zero-order chi connectivity index (χ0) is 21.6. The number of methoxy groups -OCH3 is 3. The number of amides is 1. The van der Waals surface area contributed by atoms with E-state index in [1.54, 1.807) is 12.1 Å². The van der Waals surface area contributed by atoms with Crippen LogP contribution in [0.1, 0.15) is 15.9 Å². The summed E-state index contributed by atoms with van der Waals surface area (Å²) in [6.07, 6.45) is 0. The highest BCUT2D eigenvalue weighted by Crippen LogP contribution is 2.34. The van der Waals surface area contributed by atoms with Crippen molar-refractivity contribution in [2.24, 2.45) is 0 Å². The standard InChI is InChI=1S/C19H18Cl2FNO6/c1-26-15-7-17(28-3)16(27-2)4-10(15)8-23-18(24)9-29-19(25)11-5-14(22)13(21)6-12(11)20/h4-7H,8-9H2,1-3H3,(H,23,24). The van der Waals surface area contributed by atoms with Crippen LogP contribution in [0, 0.1) is 5.82 Å². The van der Waals surface area contributed by atoms with Gasteiger partial charge in [0.25, 0.3) is 5.91 Å². The van der Waals surface area contributed by atoms with Gasteiger partial charge < -0.3 is 24.3 Å². The van der Waals surface area contributed by atoms with Crippen LogP contribution in [-0.4, -0.2) is 39.8 Å². The lowest BCUT2D eigenvalue weighted by Crippen LogP contribution is -2.28. The molecule has 0 aliphatic heterocycles. The van der Waals surface area contributed by atoms with Crippen molar-refractivity contribution in [3.63, 3.8) is 0 Å². The number of ether oxygens (including phenoxy) is 4. The zero-order valence-corrected chi connectivity index (χ0v) is 17.3. The van der Waals surface area contributed by atoms with E-state index in [4.69, 9.17) is 42.1 Å². The molecule has 1 N–H and O–H groups in total. The smallest absolute Gasteiger partial charge is 0.340 e. The van der Waals surface area contributed by atoms with Gasteiger partial charge in [-0.05, 0) is 18.2 Å². The maximum Gasteiger partial charge on any atom is 0.340 e. The lowest BCUT2D eigenvalue weighted by molar-refractivity contribution is -0.124. The third-order valence-corrected chi connectivity index (χ3v) is 4.43. The summed E-state index contributed by atoms with van der Waals surface area (Å²) >= 11 is 11.4. The van der Waals surface area contributed by atoms with E-state index in [-0.39, 0.29) is 22.2 Å². The highest BCUT2D eigenvalue weighted by molar-refractivity contribution is 6.36. The molecule has 2 aromatic rings. The molecule has 0 bridgehead atoms. The van der Waals surface area contributed by atoms with E-state index >= 15 is 0 Å². The van der Waals surface area contributed by atoms with Gasteiger partial charge in [-0.3, -0.25) is 4.79 Å². The normalized spacial score (nSPS) is 10.3. The van der Waals surface area contributed by atoms with Gasteiger partial charge in [-0.15, -0.1) is 0 Å². The number of carbonyl (C=O) groups is 2. The average molecular weight is 446 g/mol. The van der Waals surface area contributed by atoms with Crippen molar-refractivity contribution in [3.8, 4) is 17.2 Å². The molecule has 0 aromatic heterocycles. The highest BCUT2D eigenvalue weighted by atomic mass is 35.5. The molecule has 0 unspecified atom stereocenters. The molecule has 2 rings (SSSR count). The maximum atomic E-state index is 13.5. The van der Waals surface area contributed by atoms with Crippen LogP contribution >= 0.6 is 23.2 Å². The molecule has 10 heteroatoms. The molecule has 0 saturated heterocycles. The average Bonchev–Trinajstić information content (AvgIpc) is 2.72. The second kappa shape index (κ2) is 10.2. The minimum absolute atomic E-state index is 0.0796. The molecule has 7 nitrogen and oxygen atoms in total. The number of halogens is 3. The quantitative estimate of drug-likeness (QED) is 0.493. The minimum Gasteiger partial charge on any atom is -0.496 e. The van der Waals surface area contributed by atoms with Crippen LogP contribution in [0.4, 0.5) is 4.39 Å². The molecule has 0 fully saturated rings. The Morgan fingerprint density at radius 2 is 1.55 bits per heavy atom. The van der Waals surface area contributed by atoms with Crippen molar-refractivity contribution in [3.05, 3.63) is 51.3 Å². The Labute approximate surface area is 176 Å². The number of hydrogen-bond acceptors (Lipinski definition) is 6. The van der Waals surface area contributed by atoms with Crippen molar-refractivity contribution in [1.82, 2.24) is 5.32 Å². The zero-order valence-electron chi connectivity index (χ0n) is 15.8. The fraction of sp³-hybridized carbons (Fsp3) is 0.263. The number of nitrogens with one attached hydrogen (secondary N) is 1. The van der Waals surface area contributed by atoms with Crippen LogP contribution in [-0.2, 0) is 16.1 Å². The van der Waals surface area contributed by atoms with Crippen LogP contribution in [0.2, 0.25) is 10.0 Å². The van der Waals surface area contributed by atoms with E-state index in [1.807, 2.05) is 0 Å². The first-order valence-electron chi connectivity index (χ1n) is 8.18. The lowest BCUT2D eigenvalue weighted by Gasteiger charge is -2.14. The Bertz CT molecular complexity index is 922. The largest absolute Gasteiger partial charge is 0.496 e. The number of rotatable bonds is 8. The first-order valence-corrected chi connectivity index (χ1v) is 8.93. The molecule has 0 aliphatic rings. The van der Waals surface area contributed by atoms with Crippen LogP contribution in [0.5, 0.6) is 17.2 Å². The number of esters is 1. The maximum absolute atomic E-state index is 13.5. The number of carbonyl (C=O) groups excluding carboxylic acids is 2. The van der Waals surface area contributed by atoms with Crippen molar-refractivity contribution in [2.75, 3.05) is 27.9 Å². The van der Waals surface area contributed by atoms with E-state index in [9.17, 15) is 14.0 Å². The SMILES string of the molecule is COc1cc(OC)c(OC)cc1CNC(=O)COC(=O)c1cc(F)c(Cl)cc1Cl. The van der Waals surface area contributed by atoms with E-state index in [0.717, 1.165) is 12.1 Å². The first kappa shape index (κ1) is 22.6. The Balaban J connectivity index is 1.98. The van der Waals surface area contributed by atoms with Gasteiger partial charge in [0, 0.05) is 18.2 Å². The molecule has 0 saturated carbocycles. The molecule has 0 heterocycles. The summed E-state index contributed by atoms with van der Waals surface area (Å²) in [5.41, 5.74) is 0.385. The third kappa shape index (κ3) is 5.65. The van der Waals surface area contributed by atoms with Crippen molar-refractivity contribution >= 4 is 35.1 Å². The summed E-state index contributed by atoms with van der Waals surface area (Å²) < 4.78 is 34.1. The Morgan fingerprint density at radius 3 is 2.17 bits per heavy atom. The van der Waals surface area contributed by atoms with Crippen LogP contribution in [0.15, 0.2) is 24.3 Å². The number of benzene rings is 2. The lowest BCUT2D eigenvalue weighted by atomic mass is 10.1. The van der Waals surface area contributed by atoms with E-state index in [1.165, 1.54) is 21.3 Å². The van der Waals surface area contributed by atoms with Gasteiger partial charge in [-0.25, -0.2) is 9.18 Å². The summed E-state index contributed by atoms with van der Waals surface area (Å²) in [4.78, 5) is 24.0. The molecule has 2 aromatic carbocycles. The van der Waals surface area contributed by atoms with Crippen LogP contribution < -0.4 is 19.5 Å². The Hall–Kier alpha value is -2.71. The van der Waals surface area contributed by atoms with Crippen molar-refractivity contribution < 1.29 is 32.9 Å². The van der Waals surface area contributed by atoms with Gasteiger partial charge >= 0.3 is 5.97 Å². The van der Waals surface area contributed by atoms with E-state index < -0.39 is 24.3 Å². The summed E-state index contributed by atoms with van der Waals surface area (Å²) in [7, 11) is 4.45. The highest BCUT2D eigenvalue weighted by Gasteiger charge is 2.17. The van der Waals surface area contributed by atoms with Gasteiger partial charge in [0.15, 0.2) is 18.1 Å².